The van der Waals surface area contributed by atoms with Crippen LogP contribution in [0, 0.1) is 6.92 Å². The minimum Gasteiger partial charge on any atom is -0.488 e. The highest BCUT2D eigenvalue weighted by atomic mass is 79.9. The molecule has 18 heavy (non-hydrogen) atoms. The first kappa shape index (κ1) is 13.1. The molecule has 0 fully saturated rings. The zero-order valence-corrected chi connectivity index (χ0v) is 11.8. The van der Waals surface area contributed by atoms with Crippen LogP contribution in [0.1, 0.15) is 16.8 Å². The maximum atomic E-state index is 5.76. The standard InChI is InChI=1S/C14H15BrN2O/c1-10-2-3-14(13(15)6-10)18-9-11-4-5-17-12(7-11)8-16/h2-7H,8-9,16H2,1H3. The smallest absolute Gasteiger partial charge is 0.134 e. The molecule has 0 unspecified atom stereocenters. The number of halogens is 1. The molecule has 0 saturated heterocycles. The molecule has 0 atom stereocenters. The van der Waals surface area contributed by atoms with E-state index in [1.165, 1.54) is 5.56 Å². The van der Waals surface area contributed by atoms with E-state index in [4.69, 9.17) is 10.5 Å². The van der Waals surface area contributed by atoms with Gasteiger partial charge in [-0.15, -0.1) is 0 Å². The highest BCUT2D eigenvalue weighted by molar-refractivity contribution is 9.10. The van der Waals surface area contributed by atoms with Gasteiger partial charge in [-0.1, -0.05) is 6.07 Å². The van der Waals surface area contributed by atoms with Crippen molar-refractivity contribution >= 4 is 15.9 Å². The number of pyridine rings is 1. The maximum absolute atomic E-state index is 5.76. The Hall–Kier alpha value is -1.39. The first-order valence-corrected chi connectivity index (χ1v) is 6.51. The molecule has 4 heteroatoms. The summed E-state index contributed by atoms with van der Waals surface area (Å²) in [5.74, 6) is 0.840. The van der Waals surface area contributed by atoms with Gasteiger partial charge in [0, 0.05) is 12.7 Å². The van der Waals surface area contributed by atoms with E-state index < -0.39 is 0 Å². The van der Waals surface area contributed by atoms with E-state index in [-0.39, 0.29) is 0 Å². The monoisotopic (exact) mass is 306 g/mol. The van der Waals surface area contributed by atoms with Crippen LogP contribution in [0.15, 0.2) is 41.0 Å². The average Bonchev–Trinajstić information content (AvgIpc) is 2.38. The van der Waals surface area contributed by atoms with Crippen LogP contribution in [0.5, 0.6) is 5.75 Å². The van der Waals surface area contributed by atoms with Crippen molar-refractivity contribution in [2.75, 3.05) is 0 Å². The third-order valence-corrected chi connectivity index (χ3v) is 3.19. The van der Waals surface area contributed by atoms with E-state index >= 15 is 0 Å². The highest BCUT2D eigenvalue weighted by Gasteiger charge is 2.02. The fraction of sp³-hybridized carbons (Fsp3) is 0.214. The molecule has 0 aliphatic carbocycles. The summed E-state index contributed by atoms with van der Waals surface area (Å²) in [5.41, 5.74) is 8.70. The number of rotatable bonds is 4. The second-order valence-electron chi connectivity index (χ2n) is 4.08. The van der Waals surface area contributed by atoms with Crippen molar-refractivity contribution < 1.29 is 4.74 Å². The third-order valence-electron chi connectivity index (χ3n) is 2.57. The second kappa shape index (κ2) is 5.98. The molecule has 0 radical (unpaired) electrons. The number of hydrogen-bond donors (Lipinski definition) is 1. The number of aryl methyl sites for hydroxylation is 1. The lowest BCUT2D eigenvalue weighted by Gasteiger charge is -2.09. The van der Waals surface area contributed by atoms with Crippen molar-refractivity contribution in [3.05, 3.63) is 57.8 Å². The number of nitrogens with zero attached hydrogens (tertiary/aromatic N) is 1. The van der Waals surface area contributed by atoms with Gasteiger partial charge in [0.05, 0.1) is 10.2 Å². The van der Waals surface area contributed by atoms with Gasteiger partial charge in [-0.3, -0.25) is 4.98 Å². The Balaban J connectivity index is 2.06. The molecule has 0 aliphatic rings. The van der Waals surface area contributed by atoms with Crippen LogP contribution in [-0.2, 0) is 13.2 Å². The summed E-state index contributed by atoms with van der Waals surface area (Å²) in [7, 11) is 0. The Morgan fingerprint density at radius 1 is 1.28 bits per heavy atom. The third kappa shape index (κ3) is 3.31. The number of nitrogens with two attached hydrogens (primary N) is 1. The Morgan fingerprint density at radius 3 is 2.83 bits per heavy atom. The van der Waals surface area contributed by atoms with Crippen molar-refractivity contribution in [3.8, 4) is 5.75 Å². The summed E-state index contributed by atoms with van der Waals surface area (Å²) < 4.78 is 6.73. The van der Waals surface area contributed by atoms with Crippen LogP contribution in [0.25, 0.3) is 0 Å². The van der Waals surface area contributed by atoms with Crippen molar-refractivity contribution in [3.63, 3.8) is 0 Å². The lowest BCUT2D eigenvalue weighted by atomic mass is 10.2. The van der Waals surface area contributed by atoms with E-state index in [9.17, 15) is 0 Å². The van der Waals surface area contributed by atoms with E-state index in [1.807, 2.05) is 37.3 Å². The summed E-state index contributed by atoms with van der Waals surface area (Å²) in [5, 5.41) is 0. The van der Waals surface area contributed by atoms with Crippen LogP contribution < -0.4 is 10.5 Å². The molecule has 2 N–H and O–H groups in total. The largest absolute Gasteiger partial charge is 0.488 e. The van der Waals surface area contributed by atoms with Crippen molar-refractivity contribution in [2.45, 2.75) is 20.1 Å². The van der Waals surface area contributed by atoms with E-state index in [2.05, 4.69) is 20.9 Å². The number of aromatic nitrogens is 1. The molecule has 2 aromatic rings. The summed E-state index contributed by atoms with van der Waals surface area (Å²) in [4.78, 5) is 4.15. The van der Waals surface area contributed by atoms with E-state index in [0.717, 1.165) is 21.5 Å². The highest BCUT2D eigenvalue weighted by Crippen LogP contribution is 2.26. The van der Waals surface area contributed by atoms with Gasteiger partial charge in [0.2, 0.25) is 0 Å². The van der Waals surface area contributed by atoms with Gasteiger partial charge < -0.3 is 10.5 Å². The Kier molecular flexibility index (Phi) is 4.33. The molecule has 0 aliphatic heterocycles. The summed E-state index contributed by atoms with van der Waals surface area (Å²) in [6.45, 7) is 3.00. The van der Waals surface area contributed by atoms with Crippen LogP contribution in [0.4, 0.5) is 0 Å². The minimum atomic E-state index is 0.446. The quantitative estimate of drug-likeness (QED) is 0.943. The molecule has 0 saturated carbocycles. The van der Waals surface area contributed by atoms with Crippen molar-refractivity contribution in [1.29, 1.82) is 0 Å². The molecule has 0 bridgehead atoms. The Morgan fingerprint density at radius 2 is 2.11 bits per heavy atom. The molecule has 3 nitrogen and oxygen atoms in total. The topological polar surface area (TPSA) is 48.1 Å². The lowest BCUT2D eigenvalue weighted by Crippen LogP contribution is -2.02. The summed E-state index contributed by atoms with van der Waals surface area (Å²) in [6, 6.07) is 9.92. The molecular formula is C14H15BrN2O. The first-order valence-electron chi connectivity index (χ1n) is 5.72. The van der Waals surface area contributed by atoms with Gasteiger partial charge in [-0.05, 0) is 58.2 Å². The maximum Gasteiger partial charge on any atom is 0.134 e. The van der Waals surface area contributed by atoms with Crippen LogP contribution >= 0.6 is 15.9 Å². The molecular weight excluding hydrogens is 292 g/mol. The van der Waals surface area contributed by atoms with E-state index in [0.29, 0.717) is 13.2 Å². The zero-order valence-electron chi connectivity index (χ0n) is 10.2. The van der Waals surface area contributed by atoms with Crippen molar-refractivity contribution in [2.24, 2.45) is 5.73 Å². The number of ether oxygens (including phenoxy) is 1. The molecule has 0 amide bonds. The number of benzene rings is 1. The minimum absolute atomic E-state index is 0.446. The fourth-order valence-corrected chi connectivity index (χ4v) is 2.22. The SMILES string of the molecule is Cc1ccc(OCc2ccnc(CN)c2)c(Br)c1. The van der Waals surface area contributed by atoms with Gasteiger partial charge in [0.1, 0.15) is 12.4 Å². The average molecular weight is 307 g/mol. The molecule has 94 valence electrons. The van der Waals surface area contributed by atoms with Crippen LogP contribution in [0.3, 0.4) is 0 Å². The molecule has 0 spiro atoms. The molecule has 1 heterocycles. The van der Waals surface area contributed by atoms with Gasteiger partial charge in [-0.2, -0.15) is 0 Å². The van der Waals surface area contributed by atoms with Crippen LogP contribution in [0.2, 0.25) is 0 Å². The number of hydrogen-bond acceptors (Lipinski definition) is 3. The summed E-state index contributed by atoms with van der Waals surface area (Å²) >= 11 is 3.49. The Labute approximate surface area is 115 Å². The summed E-state index contributed by atoms with van der Waals surface area (Å²) in [6.07, 6.45) is 1.76. The second-order valence-corrected chi connectivity index (χ2v) is 4.94. The van der Waals surface area contributed by atoms with E-state index in [1.54, 1.807) is 6.20 Å². The Bertz CT molecular complexity index is 543. The van der Waals surface area contributed by atoms with Crippen molar-refractivity contribution in [1.82, 2.24) is 4.98 Å². The molecule has 2 rings (SSSR count). The molecule has 1 aromatic heterocycles. The van der Waals surface area contributed by atoms with Gasteiger partial charge in [-0.25, -0.2) is 0 Å². The van der Waals surface area contributed by atoms with Gasteiger partial charge in [0.25, 0.3) is 0 Å². The molecule has 1 aromatic carbocycles. The zero-order chi connectivity index (χ0) is 13.0. The normalized spacial score (nSPS) is 10.4. The lowest BCUT2D eigenvalue weighted by molar-refractivity contribution is 0.304. The predicted molar refractivity (Wildman–Crippen MR) is 75.3 cm³/mol. The fourth-order valence-electron chi connectivity index (χ4n) is 1.61. The van der Waals surface area contributed by atoms with Gasteiger partial charge >= 0.3 is 0 Å². The van der Waals surface area contributed by atoms with Gasteiger partial charge in [0.15, 0.2) is 0 Å². The van der Waals surface area contributed by atoms with Crippen LogP contribution in [-0.4, -0.2) is 4.98 Å². The first-order chi connectivity index (χ1) is 8.69. The predicted octanol–water partition coefficient (Wildman–Crippen LogP) is 3.19.